The van der Waals surface area contributed by atoms with Gasteiger partial charge in [0.25, 0.3) is 0 Å². The first-order chi connectivity index (χ1) is 8.27. The number of hydrogen-bond donors (Lipinski definition) is 1. The number of halogens is 1. The Morgan fingerprint density at radius 3 is 2.88 bits per heavy atom. The van der Waals surface area contributed by atoms with E-state index < -0.39 is 0 Å². The van der Waals surface area contributed by atoms with Gasteiger partial charge in [-0.05, 0) is 43.0 Å². The lowest BCUT2D eigenvalue weighted by Gasteiger charge is -2.18. The first kappa shape index (κ1) is 14.5. The van der Waals surface area contributed by atoms with Crippen LogP contribution in [0.1, 0.15) is 31.2 Å². The van der Waals surface area contributed by atoms with E-state index in [4.69, 9.17) is 16.3 Å². The zero-order chi connectivity index (χ0) is 12.5. The third kappa shape index (κ3) is 5.53. The van der Waals surface area contributed by atoms with Crippen LogP contribution in [-0.2, 0) is 4.74 Å². The Balaban J connectivity index is 2.60. The smallest absolute Gasteiger partial charge is 0.0468 e. The van der Waals surface area contributed by atoms with Crippen LogP contribution in [-0.4, -0.2) is 26.8 Å². The third-order valence-electron chi connectivity index (χ3n) is 2.81. The van der Waals surface area contributed by atoms with E-state index in [2.05, 4.69) is 24.4 Å². The van der Waals surface area contributed by atoms with E-state index in [9.17, 15) is 0 Å². The van der Waals surface area contributed by atoms with Crippen LogP contribution in [0.2, 0.25) is 5.02 Å². The van der Waals surface area contributed by atoms with Gasteiger partial charge in [-0.25, -0.2) is 0 Å². The van der Waals surface area contributed by atoms with Gasteiger partial charge in [0.15, 0.2) is 0 Å². The molecule has 1 unspecified atom stereocenters. The average molecular weight is 256 g/mol. The highest BCUT2D eigenvalue weighted by Gasteiger charge is 2.11. The van der Waals surface area contributed by atoms with Gasteiger partial charge in [0, 0.05) is 25.3 Å². The van der Waals surface area contributed by atoms with Crippen molar-refractivity contribution in [2.24, 2.45) is 0 Å². The Bertz CT molecular complexity index is 317. The molecule has 1 N–H and O–H groups in total. The highest BCUT2D eigenvalue weighted by atomic mass is 35.5. The van der Waals surface area contributed by atoms with E-state index in [1.54, 1.807) is 7.11 Å². The van der Waals surface area contributed by atoms with Gasteiger partial charge < -0.3 is 10.1 Å². The fourth-order valence-electron chi connectivity index (χ4n) is 1.86. The summed E-state index contributed by atoms with van der Waals surface area (Å²) in [7, 11) is 1.74. The Kier molecular flexibility index (Phi) is 7.25. The van der Waals surface area contributed by atoms with Gasteiger partial charge in [-0.3, -0.25) is 0 Å². The van der Waals surface area contributed by atoms with E-state index >= 15 is 0 Å². The quantitative estimate of drug-likeness (QED) is 0.719. The van der Waals surface area contributed by atoms with Gasteiger partial charge in [-0.1, -0.05) is 30.7 Å². The lowest BCUT2D eigenvalue weighted by Crippen LogP contribution is -2.23. The molecule has 1 aromatic rings. The normalized spacial score (nSPS) is 12.6. The van der Waals surface area contributed by atoms with Crippen LogP contribution in [0.3, 0.4) is 0 Å². The highest BCUT2D eigenvalue weighted by molar-refractivity contribution is 6.30. The van der Waals surface area contributed by atoms with Crippen LogP contribution >= 0.6 is 11.6 Å². The largest absolute Gasteiger partial charge is 0.385 e. The Hall–Kier alpha value is -0.570. The molecular formula is C14H22ClNO. The first-order valence-electron chi connectivity index (χ1n) is 6.23. The molecule has 0 saturated heterocycles. The number of hydrogen-bond acceptors (Lipinski definition) is 2. The second-order valence-corrected chi connectivity index (χ2v) is 4.67. The van der Waals surface area contributed by atoms with Crippen molar-refractivity contribution in [3.63, 3.8) is 0 Å². The van der Waals surface area contributed by atoms with Crippen molar-refractivity contribution < 1.29 is 4.74 Å². The molecule has 17 heavy (non-hydrogen) atoms. The van der Waals surface area contributed by atoms with Crippen LogP contribution in [0.5, 0.6) is 0 Å². The van der Waals surface area contributed by atoms with Crippen molar-refractivity contribution in [3.05, 3.63) is 34.9 Å². The molecule has 0 fully saturated rings. The maximum atomic E-state index is 6.03. The second-order valence-electron chi connectivity index (χ2n) is 4.24. The van der Waals surface area contributed by atoms with Crippen molar-refractivity contribution in [2.75, 3.05) is 26.8 Å². The second kappa shape index (κ2) is 8.51. The summed E-state index contributed by atoms with van der Waals surface area (Å²) < 4.78 is 5.17. The summed E-state index contributed by atoms with van der Waals surface area (Å²) in [5.41, 5.74) is 1.29. The molecule has 0 aliphatic carbocycles. The molecule has 3 heteroatoms. The van der Waals surface area contributed by atoms with Crippen LogP contribution < -0.4 is 5.32 Å². The van der Waals surface area contributed by atoms with E-state index in [1.165, 1.54) is 5.56 Å². The molecule has 0 amide bonds. The van der Waals surface area contributed by atoms with E-state index in [0.29, 0.717) is 5.92 Å². The number of nitrogens with one attached hydrogen (secondary N) is 1. The van der Waals surface area contributed by atoms with Crippen LogP contribution in [0.4, 0.5) is 0 Å². The van der Waals surface area contributed by atoms with Crippen molar-refractivity contribution in [3.8, 4) is 0 Å². The van der Waals surface area contributed by atoms with Gasteiger partial charge >= 0.3 is 0 Å². The molecule has 0 spiro atoms. The minimum absolute atomic E-state index is 0.472. The van der Waals surface area contributed by atoms with Gasteiger partial charge in [0.05, 0.1) is 0 Å². The maximum absolute atomic E-state index is 6.03. The molecule has 0 bridgehead atoms. The molecule has 0 saturated carbocycles. The fourth-order valence-corrected chi connectivity index (χ4v) is 2.06. The number of benzene rings is 1. The van der Waals surface area contributed by atoms with Crippen molar-refractivity contribution in [1.82, 2.24) is 5.32 Å². The lowest BCUT2D eigenvalue weighted by atomic mass is 9.96. The van der Waals surface area contributed by atoms with Crippen LogP contribution in [0.25, 0.3) is 0 Å². The summed E-state index contributed by atoms with van der Waals surface area (Å²) in [6, 6.07) is 8.12. The highest BCUT2D eigenvalue weighted by Crippen LogP contribution is 2.22. The molecule has 0 aliphatic heterocycles. The summed E-state index contributed by atoms with van der Waals surface area (Å²) in [5.74, 6) is 0.472. The maximum Gasteiger partial charge on any atom is 0.0468 e. The Morgan fingerprint density at radius 1 is 1.41 bits per heavy atom. The molecular weight excluding hydrogens is 234 g/mol. The minimum Gasteiger partial charge on any atom is -0.385 e. The van der Waals surface area contributed by atoms with E-state index in [-0.39, 0.29) is 0 Å². The lowest BCUT2D eigenvalue weighted by molar-refractivity contribution is 0.187. The summed E-state index contributed by atoms with van der Waals surface area (Å²) in [4.78, 5) is 0. The molecule has 0 heterocycles. The Labute approximate surface area is 109 Å². The van der Waals surface area contributed by atoms with Crippen LogP contribution in [0.15, 0.2) is 24.3 Å². The van der Waals surface area contributed by atoms with E-state index in [0.717, 1.165) is 37.6 Å². The van der Waals surface area contributed by atoms with Gasteiger partial charge in [0.2, 0.25) is 0 Å². The number of rotatable bonds is 8. The molecule has 1 atom stereocenters. The monoisotopic (exact) mass is 255 g/mol. The van der Waals surface area contributed by atoms with Crippen molar-refractivity contribution >= 4 is 11.6 Å². The van der Waals surface area contributed by atoms with Gasteiger partial charge in [-0.15, -0.1) is 0 Å². The SMILES string of the molecule is CCCNCC(CCOC)c1cccc(Cl)c1. The Morgan fingerprint density at radius 2 is 2.24 bits per heavy atom. The molecule has 1 aromatic carbocycles. The van der Waals surface area contributed by atoms with Crippen molar-refractivity contribution in [2.45, 2.75) is 25.7 Å². The first-order valence-corrected chi connectivity index (χ1v) is 6.60. The fraction of sp³-hybridized carbons (Fsp3) is 0.571. The molecule has 0 aliphatic rings. The predicted octanol–water partition coefficient (Wildman–Crippen LogP) is 3.46. The molecule has 0 aromatic heterocycles. The minimum atomic E-state index is 0.472. The van der Waals surface area contributed by atoms with Gasteiger partial charge in [0.1, 0.15) is 0 Å². The third-order valence-corrected chi connectivity index (χ3v) is 3.04. The van der Waals surface area contributed by atoms with Crippen LogP contribution in [0, 0.1) is 0 Å². The average Bonchev–Trinajstić information content (AvgIpc) is 2.33. The number of methoxy groups -OCH3 is 1. The molecule has 1 rings (SSSR count). The van der Waals surface area contributed by atoms with E-state index in [1.807, 2.05) is 12.1 Å². The number of ether oxygens (including phenoxy) is 1. The summed E-state index contributed by atoms with van der Waals surface area (Å²) in [5, 5.41) is 4.27. The molecule has 0 radical (unpaired) electrons. The van der Waals surface area contributed by atoms with Crippen molar-refractivity contribution in [1.29, 1.82) is 0 Å². The summed E-state index contributed by atoms with van der Waals surface area (Å²) in [6.45, 7) is 5.00. The topological polar surface area (TPSA) is 21.3 Å². The molecule has 96 valence electrons. The zero-order valence-electron chi connectivity index (χ0n) is 10.7. The predicted molar refractivity (Wildman–Crippen MR) is 73.8 cm³/mol. The molecule has 2 nitrogen and oxygen atoms in total. The zero-order valence-corrected chi connectivity index (χ0v) is 11.5. The van der Waals surface area contributed by atoms with Gasteiger partial charge in [-0.2, -0.15) is 0 Å². The summed E-state index contributed by atoms with van der Waals surface area (Å²) in [6.07, 6.45) is 2.18. The standard InChI is InChI=1S/C14H22ClNO/c1-3-8-16-11-13(7-9-17-2)12-5-4-6-14(15)10-12/h4-6,10,13,16H,3,7-9,11H2,1-2H3. The summed E-state index contributed by atoms with van der Waals surface area (Å²) >= 11 is 6.03.